The molecule has 144 valence electrons. The van der Waals surface area contributed by atoms with Gasteiger partial charge in [0.05, 0.1) is 17.0 Å². The largest absolute Gasteiger partial charge is 0.416 e. The number of sulfonamides is 1. The molecule has 0 fully saturated rings. The van der Waals surface area contributed by atoms with Crippen LogP contribution in [0.5, 0.6) is 0 Å². The average Bonchev–Trinajstić information content (AvgIpc) is 2.82. The van der Waals surface area contributed by atoms with Gasteiger partial charge in [-0.3, -0.25) is 4.68 Å². The summed E-state index contributed by atoms with van der Waals surface area (Å²) >= 11 is 0. The molecule has 1 aromatic carbocycles. The number of nitrogens with one attached hydrogen (secondary N) is 1. The molecule has 1 N–H and O–H groups in total. The van der Waals surface area contributed by atoms with Crippen LogP contribution < -0.4 is 4.72 Å². The predicted molar refractivity (Wildman–Crippen MR) is 92.9 cm³/mol. The maximum absolute atomic E-state index is 12.7. The summed E-state index contributed by atoms with van der Waals surface area (Å²) in [5, 5.41) is 4.33. The van der Waals surface area contributed by atoms with Crippen molar-refractivity contribution in [1.82, 2.24) is 14.5 Å². The molecule has 9 heteroatoms. The van der Waals surface area contributed by atoms with Crippen LogP contribution in [0.3, 0.4) is 0 Å². The Bertz CT molecular complexity index is 860. The molecule has 0 saturated carbocycles. The van der Waals surface area contributed by atoms with Gasteiger partial charge in [0.1, 0.15) is 0 Å². The Hall–Kier alpha value is -1.87. The first-order valence-corrected chi connectivity index (χ1v) is 9.76. The fourth-order valence-corrected chi connectivity index (χ4v) is 3.86. The molecular weight excluding hydrogens is 367 g/mol. The highest BCUT2D eigenvalue weighted by molar-refractivity contribution is 7.88. The zero-order valence-corrected chi connectivity index (χ0v) is 15.7. The van der Waals surface area contributed by atoms with E-state index in [1.807, 2.05) is 26.8 Å². The zero-order valence-electron chi connectivity index (χ0n) is 14.8. The van der Waals surface area contributed by atoms with Crippen LogP contribution in [-0.4, -0.2) is 24.7 Å². The van der Waals surface area contributed by atoms with E-state index in [4.69, 9.17) is 0 Å². The van der Waals surface area contributed by atoms with E-state index in [1.54, 1.807) is 4.68 Å². The van der Waals surface area contributed by atoms with Gasteiger partial charge in [0, 0.05) is 18.8 Å². The molecule has 1 aromatic heterocycles. The number of hydrogen-bond donors (Lipinski definition) is 1. The molecule has 2 rings (SSSR count). The van der Waals surface area contributed by atoms with E-state index < -0.39 is 27.5 Å². The lowest BCUT2D eigenvalue weighted by molar-refractivity contribution is -0.137. The molecule has 0 spiro atoms. The first-order chi connectivity index (χ1) is 12.0. The molecule has 2 aromatic rings. The van der Waals surface area contributed by atoms with Crippen LogP contribution in [-0.2, 0) is 28.5 Å². The van der Waals surface area contributed by atoms with Crippen molar-refractivity contribution in [1.29, 1.82) is 0 Å². The second kappa shape index (κ2) is 7.79. The summed E-state index contributed by atoms with van der Waals surface area (Å²) in [5.41, 5.74) is 1.11. The van der Waals surface area contributed by atoms with Crippen LogP contribution in [0.4, 0.5) is 13.2 Å². The molecule has 0 aliphatic rings. The van der Waals surface area contributed by atoms with E-state index in [9.17, 15) is 21.6 Å². The Balaban J connectivity index is 1.95. The summed E-state index contributed by atoms with van der Waals surface area (Å²) in [4.78, 5) is 0. The van der Waals surface area contributed by atoms with Gasteiger partial charge in [0.15, 0.2) is 0 Å². The molecule has 5 nitrogen and oxygen atoms in total. The molecule has 1 atom stereocenters. The van der Waals surface area contributed by atoms with Crippen molar-refractivity contribution in [3.8, 4) is 0 Å². The van der Waals surface area contributed by atoms with Gasteiger partial charge in [-0.2, -0.15) is 18.3 Å². The minimum Gasteiger partial charge on any atom is -0.269 e. The fraction of sp³-hybridized carbons (Fsp3) is 0.471. The molecule has 0 aliphatic heterocycles. The van der Waals surface area contributed by atoms with E-state index in [0.717, 1.165) is 23.5 Å². The van der Waals surface area contributed by atoms with Crippen molar-refractivity contribution in [3.05, 3.63) is 52.8 Å². The highest BCUT2D eigenvalue weighted by Crippen LogP contribution is 2.29. The Kier molecular flexibility index (Phi) is 6.13. The smallest absolute Gasteiger partial charge is 0.269 e. The van der Waals surface area contributed by atoms with Gasteiger partial charge in [-0.25, -0.2) is 13.1 Å². The topological polar surface area (TPSA) is 64.0 Å². The lowest BCUT2D eigenvalue weighted by Crippen LogP contribution is -2.31. The van der Waals surface area contributed by atoms with E-state index in [2.05, 4.69) is 9.82 Å². The minimum absolute atomic E-state index is 0.0238. The molecule has 0 radical (unpaired) electrons. The monoisotopic (exact) mass is 389 g/mol. The highest BCUT2D eigenvalue weighted by Gasteiger charge is 2.30. The molecule has 0 saturated heterocycles. The first kappa shape index (κ1) is 20.4. The lowest BCUT2D eigenvalue weighted by atomic mass is 10.1. The average molecular weight is 389 g/mol. The first-order valence-electron chi connectivity index (χ1n) is 8.11. The molecular formula is C17H22F3N3O2S. The summed E-state index contributed by atoms with van der Waals surface area (Å²) in [5.74, 6) is -0.520. The van der Waals surface area contributed by atoms with Gasteiger partial charge in [-0.15, -0.1) is 0 Å². The van der Waals surface area contributed by atoms with Crippen LogP contribution in [0.2, 0.25) is 0 Å². The van der Waals surface area contributed by atoms with Crippen LogP contribution in [0.1, 0.15) is 29.4 Å². The Morgan fingerprint density at radius 1 is 1.23 bits per heavy atom. The Morgan fingerprint density at radius 3 is 2.50 bits per heavy atom. The number of benzene rings is 1. The molecule has 26 heavy (non-hydrogen) atoms. The molecule has 0 bridgehead atoms. The zero-order chi connectivity index (χ0) is 19.5. The quantitative estimate of drug-likeness (QED) is 0.791. The molecule has 0 amide bonds. The van der Waals surface area contributed by atoms with Gasteiger partial charge in [0.2, 0.25) is 10.0 Å². The third-order valence-electron chi connectivity index (χ3n) is 3.85. The third kappa shape index (κ3) is 5.84. The molecule has 1 unspecified atom stereocenters. The van der Waals surface area contributed by atoms with Crippen LogP contribution in [0.25, 0.3) is 0 Å². The van der Waals surface area contributed by atoms with Gasteiger partial charge in [-0.1, -0.05) is 25.1 Å². The summed E-state index contributed by atoms with van der Waals surface area (Å²) < 4.78 is 66.8. The number of aromatic nitrogens is 2. The number of nitrogens with zero attached hydrogens (tertiary/aromatic N) is 2. The van der Waals surface area contributed by atoms with Crippen molar-refractivity contribution in [2.45, 2.75) is 39.2 Å². The number of aryl methyl sites for hydroxylation is 2. The summed E-state index contributed by atoms with van der Waals surface area (Å²) in [6, 6.07) is 6.29. The maximum Gasteiger partial charge on any atom is 0.416 e. The SMILES string of the molecule is Cc1cc(C)n(CC(C)CNS(=O)(=O)Cc2cccc(C(F)(F)F)c2)n1. The van der Waals surface area contributed by atoms with Crippen LogP contribution in [0.15, 0.2) is 30.3 Å². The van der Waals surface area contributed by atoms with Gasteiger partial charge < -0.3 is 0 Å². The van der Waals surface area contributed by atoms with E-state index >= 15 is 0 Å². The van der Waals surface area contributed by atoms with Crippen LogP contribution in [0, 0.1) is 19.8 Å². The minimum atomic E-state index is -4.50. The van der Waals surface area contributed by atoms with E-state index in [0.29, 0.717) is 6.54 Å². The third-order valence-corrected chi connectivity index (χ3v) is 5.17. The van der Waals surface area contributed by atoms with Crippen molar-refractivity contribution in [2.24, 2.45) is 5.92 Å². The fourth-order valence-electron chi connectivity index (χ4n) is 2.60. The predicted octanol–water partition coefficient (Wildman–Crippen LogP) is 3.27. The highest BCUT2D eigenvalue weighted by atomic mass is 32.2. The van der Waals surface area contributed by atoms with E-state index in [1.165, 1.54) is 12.1 Å². The van der Waals surface area contributed by atoms with Crippen molar-refractivity contribution < 1.29 is 21.6 Å². The van der Waals surface area contributed by atoms with E-state index in [-0.39, 0.29) is 18.0 Å². The van der Waals surface area contributed by atoms with Crippen LogP contribution >= 0.6 is 0 Å². The number of halogens is 3. The summed E-state index contributed by atoms with van der Waals surface area (Å²) in [6.07, 6.45) is -4.50. The summed E-state index contributed by atoms with van der Waals surface area (Å²) in [6.45, 7) is 6.41. The Morgan fingerprint density at radius 2 is 1.92 bits per heavy atom. The lowest BCUT2D eigenvalue weighted by Gasteiger charge is -2.15. The van der Waals surface area contributed by atoms with Crippen molar-refractivity contribution >= 4 is 10.0 Å². The second-order valence-corrected chi connectivity index (χ2v) is 8.33. The normalized spacial score (nSPS) is 13.8. The second-order valence-electron chi connectivity index (χ2n) is 6.52. The van der Waals surface area contributed by atoms with Gasteiger partial charge >= 0.3 is 6.18 Å². The van der Waals surface area contributed by atoms with Gasteiger partial charge in [0.25, 0.3) is 0 Å². The standard InChI is InChI=1S/C17H22F3N3O2S/c1-12(10-23-14(3)7-13(2)22-23)9-21-26(24,25)11-15-5-4-6-16(8-15)17(18,19)20/h4-8,12,21H,9-11H2,1-3H3. The maximum atomic E-state index is 12.7. The van der Waals surface area contributed by atoms with Crippen molar-refractivity contribution in [2.75, 3.05) is 6.54 Å². The molecule has 0 aliphatic carbocycles. The Labute approximate surface area is 151 Å². The molecule has 1 heterocycles. The number of hydrogen-bond acceptors (Lipinski definition) is 3. The number of rotatable bonds is 7. The van der Waals surface area contributed by atoms with Gasteiger partial charge in [-0.05, 0) is 37.5 Å². The summed E-state index contributed by atoms with van der Waals surface area (Å²) in [7, 11) is -3.74. The number of alkyl halides is 3. The van der Waals surface area contributed by atoms with Crippen molar-refractivity contribution in [3.63, 3.8) is 0 Å².